The van der Waals surface area contributed by atoms with Gasteiger partial charge in [0.1, 0.15) is 11.4 Å². The van der Waals surface area contributed by atoms with Crippen LogP contribution in [0.15, 0.2) is 39.9 Å². The van der Waals surface area contributed by atoms with Gasteiger partial charge in [0.05, 0.1) is 29.5 Å². The van der Waals surface area contributed by atoms with Gasteiger partial charge in [0.2, 0.25) is 0 Å². The first kappa shape index (κ1) is 20.6. The number of carbonyl (C=O) groups is 1. The van der Waals surface area contributed by atoms with Crippen molar-refractivity contribution in [2.45, 2.75) is 38.5 Å². The number of anilines is 3. The Morgan fingerprint density at radius 2 is 1.90 bits per heavy atom. The predicted octanol–water partition coefficient (Wildman–Crippen LogP) is 1.97. The van der Waals surface area contributed by atoms with Crippen molar-refractivity contribution in [3.8, 4) is 5.75 Å². The zero-order valence-corrected chi connectivity index (χ0v) is 16.9. The summed E-state index contributed by atoms with van der Waals surface area (Å²) >= 11 is 0. The van der Waals surface area contributed by atoms with E-state index in [9.17, 15) is 19.5 Å². The Bertz CT molecular complexity index is 1020. The molecule has 154 valence electrons. The van der Waals surface area contributed by atoms with Crippen molar-refractivity contribution in [3.05, 3.63) is 56.4 Å². The van der Waals surface area contributed by atoms with Crippen molar-refractivity contribution in [1.29, 1.82) is 0 Å². The molecular formula is C21H25N3O5. The van der Waals surface area contributed by atoms with Gasteiger partial charge in [-0.2, -0.15) is 0 Å². The summed E-state index contributed by atoms with van der Waals surface area (Å²) in [5.74, 6) is -0.659. The van der Waals surface area contributed by atoms with Crippen molar-refractivity contribution < 1.29 is 14.6 Å². The molecule has 0 aromatic heterocycles. The van der Waals surface area contributed by atoms with Gasteiger partial charge in [-0.1, -0.05) is 25.1 Å². The average Bonchev–Trinajstić information content (AvgIpc) is 3.13. The van der Waals surface area contributed by atoms with Crippen LogP contribution < -0.4 is 21.5 Å². The maximum Gasteiger partial charge on any atom is 0.257 e. The molecule has 1 amide bonds. The monoisotopic (exact) mass is 399 g/mol. The SMILES string of the molecule is CCC(Nc1c(Nc2cccc(C(=O)N(C)C)c2O)c(=O)c1=O)C1C=CC(C)O1. The van der Waals surface area contributed by atoms with E-state index in [4.69, 9.17) is 4.74 Å². The molecule has 0 bridgehead atoms. The highest BCUT2D eigenvalue weighted by molar-refractivity contribution is 5.99. The molecule has 0 saturated carbocycles. The molecule has 3 N–H and O–H groups in total. The van der Waals surface area contributed by atoms with Crippen LogP contribution in [0.25, 0.3) is 0 Å². The van der Waals surface area contributed by atoms with Gasteiger partial charge < -0.3 is 25.4 Å². The molecule has 0 spiro atoms. The minimum absolute atomic E-state index is 0.00457. The third-order valence-electron chi connectivity index (χ3n) is 4.95. The second-order valence-electron chi connectivity index (χ2n) is 7.28. The molecule has 8 heteroatoms. The van der Waals surface area contributed by atoms with Gasteiger partial charge in [0, 0.05) is 14.1 Å². The Balaban J connectivity index is 1.85. The molecule has 1 heterocycles. The Morgan fingerprint density at radius 3 is 2.48 bits per heavy atom. The van der Waals surface area contributed by atoms with Crippen molar-refractivity contribution in [1.82, 2.24) is 4.90 Å². The van der Waals surface area contributed by atoms with E-state index in [1.165, 1.54) is 17.0 Å². The summed E-state index contributed by atoms with van der Waals surface area (Å²) in [5.41, 5.74) is -0.816. The lowest BCUT2D eigenvalue weighted by Gasteiger charge is -2.26. The van der Waals surface area contributed by atoms with Gasteiger partial charge >= 0.3 is 0 Å². The molecule has 0 aliphatic carbocycles. The molecule has 2 aromatic rings. The van der Waals surface area contributed by atoms with E-state index in [-0.39, 0.29) is 52.5 Å². The zero-order chi connectivity index (χ0) is 21.3. The fourth-order valence-electron chi connectivity index (χ4n) is 3.28. The molecule has 2 aromatic carbocycles. The summed E-state index contributed by atoms with van der Waals surface area (Å²) in [7, 11) is 3.15. The molecule has 29 heavy (non-hydrogen) atoms. The molecule has 3 unspecified atom stereocenters. The number of para-hydroxylation sites is 1. The lowest BCUT2D eigenvalue weighted by molar-refractivity contribution is 0.0592. The van der Waals surface area contributed by atoms with Crippen LogP contribution >= 0.6 is 0 Å². The van der Waals surface area contributed by atoms with Crippen molar-refractivity contribution in [2.75, 3.05) is 24.7 Å². The molecule has 3 rings (SSSR count). The summed E-state index contributed by atoms with van der Waals surface area (Å²) in [4.78, 5) is 37.8. The highest BCUT2D eigenvalue weighted by atomic mass is 16.5. The molecule has 8 nitrogen and oxygen atoms in total. The van der Waals surface area contributed by atoms with Crippen LogP contribution in [0, 0.1) is 0 Å². The number of nitrogens with zero attached hydrogens (tertiary/aromatic N) is 1. The summed E-state index contributed by atoms with van der Waals surface area (Å²) in [6.45, 7) is 3.89. The third-order valence-corrected chi connectivity index (χ3v) is 4.95. The number of aromatic hydroxyl groups is 1. The first-order valence-corrected chi connectivity index (χ1v) is 9.48. The van der Waals surface area contributed by atoms with Crippen molar-refractivity contribution in [2.24, 2.45) is 0 Å². The summed E-state index contributed by atoms with van der Waals surface area (Å²) in [5, 5.41) is 16.4. The van der Waals surface area contributed by atoms with E-state index < -0.39 is 10.9 Å². The number of nitrogens with one attached hydrogen (secondary N) is 2. The number of hydrogen-bond acceptors (Lipinski definition) is 7. The zero-order valence-electron chi connectivity index (χ0n) is 16.9. The van der Waals surface area contributed by atoms with Gasteiger partial charge in [-0.3, -0.25) is 14.4 Å². The molecule has 0 radical (unpaired) electrons. The Morgan fingerprint density at radius 1 is 1.21 bits per heavy atom. The first-order chi connectivity index (χ1) is 13.7. The molecule has 3 atom stereocenters. The van der Waals surface area contributed by atoms with Gasteiger partial charge in [0.15, 0.2) is 5.75 Å². The minimum Gasteiger partial charge on any atom is -0.505 e. The van der Waals surface area contributed by atoms with E-state index >= 15 is 0 Å². The van der Waals surface area contributed by atoms with Crippen LogP contribution in [0.4, 0.5) is 17.1 Å². The smallest absolute Gasteiger partial charge is 0.257 e. The number of phenolic OH excluding ortho intramolecular Hbond substituents is 1. The molecule has 1 aliphatic rings. The summed E-state index contributed by atoms with van der Waals surface area (Å²) in [6, 6.07) is 4.42. The van der Waals surface area contributed by atoms with E-state index in [1.807, 2.05) is 26.0 Å². The topological polar surface area (TPSA) is 108 Å². The minimum atomic E-state index is -0.678. The fraction of sp³-hybridized carbons (Fsp3) is 0.381. The summed E-state index contributed by atoms with van der Waals surface area (Å²) in [6.07, 6.45) is 4.35. The Kier molecular flexibility index (Phi) is 5.74. The quantitative estimate of drug-likeness (QED) is 0.371. The number of rotatable bonds is 7. The molecular weight excluding hydrogens is 374 g/mol. The lowest BCUT2D eigenvalue weighted by atomic mass is 10.1. The first-order valence-electron chi connectivity index (χ1n) is 9.48. The van der Waals surface area contributed by atoms with E-state index in [2.05, 4.69) is 10.6 Å². The van der Waals surface area contributed by atoms with Gasteiger partial charge in [-0.25, -0.2) is 0 Å². The van der Waals surface area contributed by atoms with E-state index in [0.717, 1.165) is 0 Å². The Labute approximate surface area is 168 Å². The average molecular weight is 399 g/mol. The lowest BCUT2D eigenvalue weighted by Crippen LogP contribution is -2.42. The normalized spacial score (nSPS) is 19.3. The second kappa shape index (κ2) is 8.08. The van der Waals surface area contributed by atoms with Crippen LogP contribution in [0.2, 0.25) is 0 Å². The van der Waals surface area contributed by atoms with Crippen LogP contribution in [-0.2, 0) is 4.74 Å². The molecule has 0 fully saturated rings. The number of phenols is 1. The number of benzene rings is 1. The maximum absolute atomic E-state index is 12.2. The fourth-order valence-corrected chi connectivity index (χ4v) is 3.28. The largest absolute Gasteiger partial charge is 0.505 e. The van der Waals surface area contributed by atoms with Gasteiger partial charge in [-0.05, 0) is 25.5 Å². The van der Waals surface area contributed by atoms with Crippen LogP contribution in [0.3, 0.4) is 0 Å². The number of ether oxygens (including phenoxy) is 1. The van der Waals surface area contributed by atoms with E-state index in [1.54, 1.807) is 20.2 Å². The maximum atomic E-state index is 12.2. The number of amides is 1. The Hall–Kier alpha value is -3.13. The predicted molar refractivity (Wildman–Crippen MR) is 112 cm³/mol. The molecule has 0 saturated heterocycles. The van der Waals surface area contributed by atoms with Crippen molar-refractivity contribution in [3.63, 3.8) is 0 Å². The second-order valence-corrected chi connectivity index (χ2v) is 7.28. The van der Waals surface area contributed by atoms with Crippen LogP contribution in [-0.4, -0.2) is 48.3 Å². The third kappa shape index (κ3) is 3.88. The molecule has 1 aliphatic heterocycles. The van der Waals surface area contributed by atoms with Crippen LogP contribution in [0.5, 0.6) is 5.75 Å². The summed E-state index contributed by atoms with van der Waals surface area (Å²) < 4.78 is 5.79. The highest BCUT2D eigenvalue weighted by Gasteiger charge is 2.29. The standard InChI is InChI=1S/C21H25N3O5/c1-5-13(15-10-9-11(2)29-15)22-16-17(20(27)19(16)26)23-14-8-6-7-12(18(14)25)21(28)24(3)4/h6-11,13,15,22-23,25H,5H2,1-4H3. The number of hydrogen-bond donors (Lipinski definition) is 3. The highest BCUT2D eigenvalue weighted by Crippen LogP contribution is 2.32. The van der Waals surface area contributed by atoms with Gasteiger partial charge in [-0.15, -0.1) is 0 Å². The van der Waals surface area contributed by atoms with Crippen molar-refractivity contribution >= 4 is 23.0 Å². The number of carbonyl (C=O) groups excluding carboxylic acids is 1. The van der Waals surface area contributed by atoms with Gasteiger partial charge in [0.25, 0.3) is 16.8 Å². The van der Waals surface area contributed by atoms with Crippen LogP contribution in [0.1, 0.15) is 30.6 Å². The van der Waals surface area contributed by atoms with E-state index in [0.29, 0.717) is 6.42 Å².